The number of rotatable bonds is 3. The number of hydrazone groups is 1. The average molecular weight is 200 g/mol. The Morgan fingerprint density at radius 3 is 2.85 bits per heavy atom. The van der Waals surface area contributed by atoms with Gasteiger partial charge in [-0.1, -0.05) is 24.3 Å². The van der Waals surface area contributed by atoms with Crippen LogP contribution in [0.3, 0.4) is 0 Å². The van der Waals surface area contributed by atoms with Crippen LogP contribution in [0.4, 0.5) is 0 Å². The highest BCUT2D eigenvalue weighted by Gasteiger charge is 2.01. The molecule has 1 N–H and O–H groups in total. The summed E-state index contributed by atoms with van der Waals surface area (Å²) in [4.78, 5) is 2.05. The molecule has 0 amide bonds. The van der Waals surface area contributed by atoms with Crippen LogP contribution in [0.1, 0.15) is 6.42 Å². The molecule has 1 unspecified atom stereocenters. The van der Waals surface area contributed by atoms with Gasteiger partial charge in [0.1, 0.15) is 0 Å². The Labute approximate surface area is 78.1 Å². The Morgan fingerprint density at radius 1 is 1.54 bits per heavy atom. The molecule has 0 fully saturated rings. The molecule has 0 aliphatic heterocycles. The summed E-state index contributed by atoms with van der Waals surface area (Å²) in [5.41, 5.74) is 0. The highest BCUT2D eigenvalue weighted by atomic mass is 32.2. The van der Waals surface area contributed by atoms with Crippen molar-refractivity contribution in [2.24, 2.45) is 11.0 Å². The summed E-state index contributed by atoms with van der Waals surface area (Å²) in [6, 6.07) is 0. The molecule has 1 aliphatic carbocycles. The second-order valence-electron chi connectivity index (χ2n) is 2.85. The van der Waals surface area contributed by atoms with Crippen LogP contribution in [0.25, 0.3) is 0 Å². The van der Waals surface area contributed by atoms with Crippen LogP contribution >= 0.6 is 0 Å². The van der Waals surface area contributed by atoms with E-state index >= 15 is 0 Å². The average Bonchev–Trinajstić information content (AvgIpc) is 2.04. The molecule has 0 aromatic carbocycles. The third-order valence-electron chi connectivity index (χ3n) is 1.50. The van der Waals surface area contributed by atoms with E-state index in [1.54, 1.807) is 6.21 Å². The van der Waals surface area contributed by atoms with Gasteiger partial charge in [0, 0.05) is 12.1 Å². The lowest BCUT2D eigenvalue weighted by molar-refractivity contribution is 0.590. The molecular formula is C8H12N2O2S. The van der Waals surface area contributed by atoms with E-state index in [1.807, 2.05) is 24.3 Å². The van der Waals surface area contributed by atoms with Crippen LogP contribution in [0.2, 0.25) is 0 Å². The standard InChI is InChI=1S/C8H12N2O2S/c1-13(11,12)10-9-7-8-5-3-2-4-6-8/h2-5,7-8,10H,6H2,1H3. The van der Waals surface area contributed by atoms with Gasteiger partial charge in [-0.2, -0.15) is 5.10 Å². The first-order valence-electron chi connectivity index (χ1n) is 3.91. The Bertz CT molecular complexity index is 341. The SMILES string of the molecule is CS(=O)(=O)NN=CC1C=CC=CC1. The summed E-state index contributed by atoms with van der Waals surface area (Å²) in [6.45, 7) is 0. The van der Waals surface area contributed by atoms with Gasteiger partial charge in [0.15, 0.2) is 0 Å². The number of sulfonamides is 1. The Kier molecular flexibility index (Phi) is 3.25. The monoisotopic (exact) mass is 200 g/mol. The van der Waals surface area contributed by atoms with E-state index in [1.165, 1.54) is 0 Å². The Hall–Kier alpha value is -1.10. The number of hydrogen-bond donors (Lipinski definition) is 1. The summed E-state index contributed by atoms with van der Waals surface area (Å²) < 4.78 is 21.2. The van der Waals surface area contributed by atoms with Crippen molar-refractivity contribution in [3.63, 3.8) is 0 Å². The van der Waals surface area contributed by atoms with Gasteiger partial charge in [-0.3, -0.25) is 0 Å². The van der Waals surface area contributed by atoms with E-state index in [-0.39, 0.29) is 5.92 Å². The van der Waals surface area contributed by atoms with Crippen LogP contribution in [-0.2, 0) is 10.0 Å². The molecule has 1 rings (SSSR count). The zero-order valence-electron chi connectivity index (χ0n) is 7.34. The van der Waals surface area contributed by atoms with Crippen LogP contribution in [0, 0.1) is 5.92 Å². The van der Waals surface area contributed by atoms with Gasteiger partial charge in [-0.15, -0.1) is 0 Å². The Balaban J connectivity index is 2.41. The van der Waals surface area contributed by atoms with Gasteiger partial charge in [0.25, 0.3) is 0 Å². The smallest absolute Gasteiger partial charge is 0.206 e. The molecule has 0 aromatic rings. The fourth-order valence-corrected chi connectivity index (χ4v) is 1.18. The zero-order valence-corrected chi connectivity index (χ0v) is 8.16. The van der Waals surface area contributed by atoms with Gasteiger partial charge in [-0.05, 0) is 6.42 Å². The van der Waals surface area contributed by atoms with Crippen LogP contribution in [0.15, 0.2) is 29.4 Å². The number of hydrogen-bond acceptors (Lipinski definition) is 3. The summed E-state index contributed by atoms with van der Waals surface area (Å²) in [6.07, 6.45) is 11.4. The number of nitrogens with zero attached hydrogens (tertiary/aromatic N) is 1. The van der Waals surface area contributed by atoms with Gasteiger partial charge >= 0.3 is 0 Å². The second kappa shape index (κ2) is 4.23. The molecule has 0 bridgehead atoms. The topological polar surface area (TPSA) is 58.5 Å². The molecule has 1 atom stereocenters. The number of nitrogens with one attached hydrogen (secondary N) is 1. The number of allylic oxidation sites excluding steroid dienone is 4. The quantitative estimate of drug-likeness (QED) is 0.537. The normalized spacial score (nSPS) is 22.4. The molecular weight excluding hydrogens is 188 g/mol. The summed E-state index contributed by atoms with van der Waals surface area (Å²) >= 11 is 0. The lowest BCUT2D eigenvalue weighted by Gasteiger charge is -2.05. The van der Waals surface area contributed by atoms with Crippen molar-refractivity contribution in [3.8, 4) is 0 Å². The predicted octanol–water partition coefficient (Wildman–Crippen LogP) is 0.654. The largest absolute Gasteiger partial charge is 0.244 e. The van der Waals surface area contributed by atoms with Crippen molar-refractivity contribution in [1.82, 2.24) is 4.83 Å². The first-order valence-corrected chi connectivity index (χ1v) is 5.80. The fourth-order valence-electron chi connectivity index (χ4n) is 0.932. The maximum atomic E-state index is 10.6. The maximum Gasteiger partial charge on any atom is 0.244 e. The first-order chi connectivity index (χ1) is 6.08. The molecule has 72 valence electrons. The van der Waals surface area contributed by atoms with E-state index in [4.69, 9.17) is 0 Å². The lowest BCUT2D eigenvalue weighted by Crippen LogP contribution is -2.16. The summed E-state index contributed by atoms with van der Waals surface area (Å²) in [5, 5.41) is 3.62. The van der Waals surface area contributed by atoms with Gasteiger partial charge in [0.05, 0.1) is 6.26 Å². The molecule has 0 saturated heterocycles. The van der Waals surface area contributed by atoms with E-state index in [9.17, 15) is 8.42 Å². The molecule has 13 heavy (non-hydrogen) atoms. The maximum absolute atomic E-state index is 10.6. The van der Waals surface area contributed by atoms with Gasteiger partial charge in [-0.25, -0.2) is 13.2 Å². The minimum Gasteiger partial charge on any atom is -0.206 e. The zero-order chi connectivity index (χ0) is 9.73. The van der Waals surface area contributed by atoms with E-state index in [0.29, 0.717) is 0 Å². The third-order valence-corrected chi connectivity index (χ3v) is 1.94. The molecule has 0 spiro atoms. The fraction of sp³-hybridized carbons (Fsp3) is 0.375. The van der Waals surface area contributed by atoms with Crippen molar-refractivity contribution in [2.75, 3.05) is 6.26 Å². The van der Waals surface area contributed by atoms with E-state index < -0.39 is 10.0 Å². The minimum atomic E-state index is -3.21. The van der Waals surface area contributed by atoms with Crippen molar-refractivity contribution in [3.05, 3.63) is 24.3 Å². The third kappa shape index (κ3) is 4.47. The van der Waals surface area contributed by atoms with Crippen LogP contribution in [0.5, 0.6) is 0 Å². The van der Waals surface area contributed by atoms with Crippen LogP contribution < -0.4 is 4.83 Å². The highest BCUT2D eigenvalue weighted by Crippen LogP contribution is 2.07. The van der Waals surface area contributed by atoms with E-state index in [2.05, 4.69) is 9.93 Å². The molecule has 0 radical (unpaired) electrons. The molecule has 0 aromatic heterocycles. The second-order valence-corrected chi connectivity index (χ2v) is 4.58. The minimum absolute atomic E-state index is 0.194. The first kappa shape index (κ1) is 9.98. The molecule has 1 aliphatic rings. The van der Waals surface area contributed by atoms with Crippen molar-refractivity contribution in [2.45, 2.75) is 6.42 Å². The highest BCUT2D eigenvalue weighted by molar-refractivity contribution is 7.88. The lowest BCUT2D eigenvalue weighted by atomic mass is 10.0. The molecule has 4 nitrogen and oxygen atoms in total. The van der Waals surface area contributed by atoms with Crippen molar-refractivity contribution < 1.29 is 8.42 Å². The summed E-state index contributed by atoms with van der Waals surface area (Å²) in [5.74, 6) is 0.194. The molecule has 0 saturated carbocycles. The molecule has 5 heteroatoms. The van der Waals surface area contributed by atoms with Crippen molar-refractivity contribution >= 4 is 16.2 Å². The van der Waals surface area contributed by atoms with Gasteiger partial charge in [0.2, 0.25) is 10.0 Å². The summed E-state index contributed by atoms with van der Waals surface area (Å²) in [7, 11) is -3.21. The van der Waals surface area contributed by atoms with E-state index in [0.717, 1.165) is 12.7 Å². The Morgan fingerprint density at radius 2 is 2.31 bits per heavy atom. The van der Waals surface area contributed by atoms with Crippen LogP contribution in [-0.4, -0.2) is 20.9 Å². The predicted molar refractivity (Wildman–Crippen MR) is 52.9 cm³/mol. The van der Waals surface area contributed by atoms with Gasteiger partial charge < -0.3 is 0 Å². The molecule has 0 heterocycles. The van der Waals surface area contributed by atoms with Crippen molar-refractivity contribution in [1.29, 1.82) is 0 Å².